The molecule has 0 fully saturated rings. The van der Waals surface area contributed by atoms with Crippen molar-refractivity contribution >= 4 is 15.8 Å². The van der Waals surface area contributed by atoms with Gasteiger partial charge in [-0.2, -0.15) is 8.42 Å². The molecule has 0 aromatic heterocycles. The molecule has 0 aliphatic heterocycles. The molecule has 0 bridgehead atoms. The van der Waals surface area contributed by atoms with E-state index in [9.17, 15) is 18.5 Å². The molecule has 0 saturated carbocycles. The standard InChI is InChI=1S/C7H7NO5S.Na/c1-5-4-6(8(9)10)2-3-7(5)14(11,12)13;/h2-4H,1H3,(H,11,12,13);/q;+1. The Bertz CT molecular complexity index is 484. The van der Waals surface area contributed by atoms with Crippen molar-refractivity contribution < 1.29 is 47.5 Å². The molecule has 1 aromatic rings. The Morgan fingerprint density at radius 2 is 1.93 bits per heavy atom. The second-order valence-corrected chi connectivity index (χ2v) is 4.07. The van der Waals surface area contributed by atoms with Crippen LogP contribution in [0.5, 0.6) is 0 Å². The van der Waals surface area contributed by atoms with Crippen LogP contribution in [-0.2, 0) is 10.1 Å². The van der Waals surface area contributed by atoms with E-state index in [1.54, 1.807) is 0 Å². The van der Waals surface area contributed by atoms with Crippen LogP contribution < -0.4 is 29.6 Å². The third kappa shape index (κ3) is 3.54. The Hall–Kier alpha value is -0.470. The number of hydrogen-bond acceptors (Lipinski definition) is 4. The zero-order valence-corrected chi connectivity index (χ0v) is 11.0. The fourth-order valence-corrected chi connectivity index (χ4v) is 1.74. The van der Waals surface area contributed by atoms with Crippen molar-refractivity contribution in [3.63, 3.8) is 0 Å². The summed E-state index contributed by atoms with van der Waals surface area (Å²) in [5.41, 5.74) is -0.0726. The minimum atomic E-state index is -4.30. The van der Waals surface area contributed by atoms with Crippen molar-refractivity contribution in [1.82, 2.24) is 0 Å². The van der Waals surface area contributed by atoms with Crippen LogP contribution in [0.3, 0.4) is 0 Å². The monoisotopic (exact) mass is 240 g/mol. The van der Waals surface area contributed by atoms with Crippen LogP contribution >= 0.6 is 0 Å². The summed E-state index contributed by atoms with van der Waals surface area (Å²) in [5.74, 6) is 0. The molecule has 0 amide bonds. The summed E-state index contributed by atoms with van der Waals surface area (Å²) in [6.07, 6.45) is 0. The van der Waals surface area contributed by atoms with Gasteiger partial charge in [0.05, 0.1) is 9.82 Å². The van der Waals surface area contributed by atoms with Crippen molar-refractivity contribution in [3.8, 4) is 0 Å². The van der Waals surface area contributed by atoms with Gasteiger partial charge < -0.3 is 0 Å². The van der Waals surface area contributed by atoms with Crippen LogP contribution in [0.2, 0.25) is 0 Å². The molecule has 0 heterocycles. The minimum Gasteiger partial charge on any atom is -0.282 e. The van der Waals surface area contributed by atoms with Crippen LogP contribution in [0.15, 0.2) is 23.1 Å². The Kier molecular flexibility index (Phi) is 4.88. The zero-order chi connectivity index (χ0) is 10.9. The van der Waals surface area contributed by atoms with Gasteiger partial charge in [-0.1, -0.05) is 0 Å². The second-order valence-electron chi connectivity index (χ2n) is 2.68. The predicted molar refractivity (Wildman–Crippen MR) is 47.6 cm³/mol. The molecule has 0 atom stereocenters. The summed E-state index contributed by atoms with van der Waals surface area (Å²) < 4.78 is 30.1. The summed E-state index contributed by atoms with van der Waals surface area (Å²) in [5, 5.41) is 10.3. The zero-order valence-electron chi connectivity index (χ0n) is 8.17. The van der Waals surface area contributed by atoms with Crippen LogP contribution in [0.1, 0.15) is 5.56 Å². The molecule has 0 saturated heterocycles. The van der Waals surface area contributed by atoms with Crippen LogP contribution in [0.4, 0.5) is 5.69 Å². The fourth-order valence-electron chi connectivity index (χ4n) is 1.04. The molecule has 76 valence electrons. The third-order valence-corrected chi connectivity index (χ3v) is 2.66. The molecular weight excluding hydrogens is 233 g/mol. The van der Waals surface area contributed by atoms with E-state index < -0.39 is 15.0 Å². The molecule has 6 nitrogen and oxygen atoms in total. The van der Waals surface area contributed by atoms with Gasteiger partial charge >= 0.3 is 29.6 Å². The number of hydrogen-bond donors (Lipinski definition) is 1. The van der Waals surface area contributed by atoms with Crippen LogP contribution in [0.25, 0.3) is 0 Å². The average molecular weight is 240 g/mol. The van der Waals surface area contributed by atoms with Crippen molar-refractivity contribution in [2.45, 2.75) is 11.8 Å². The normalized spacial score (nSPS) is 10.5. The van der Waals surface area contributed by atoms with Gasteiger partial charge in [0.15, 0.2) is 0 Å². The SMILES string of the molecule is Cc1cc([N+](=O)[O-])ccc1S(=O)(=O)O.[Na+]. The number of nitrogens with zero attached hydrogens (tertiary/aromatic N) is 1. The first-order valence-corrected chi connectivity index (χ1v) is 4.99. The Morgan fingerprint density at radius 3 is 2.27 bits per heavy atom. The summed E-state index contributed by atoms with van der Waals surface area (Å²) in [6, 6.07) is 3.11. The van der Waals surface area contributed by atoms with E-state index >= 15 is 0 Å². The molecular formula is C7H7NNaO5S+. The number of rotatable bonds is 2. The smallest absolute Gasteiger partial charge is 0.282 e. The van der Waals surface area contributed by atoms with E-state index in [2.05, 4.69) is 0 Å². The first-order valence-electron chi connectivity index (χ1n) is 3.55. The van der Waals surface area contributed by atoms with Gasteiger partial charge in [-0.3, -0.25) is 14.7 Å². The van der Waals surface area contributed by atoms with E-state index in [1.165, 1.54) is 6.92 Å². The number of non-ortho nitro benzene ring substituents is 1. The van der Waals surface area contributed by atoms with Crippen molar-refractivity contribution in [2.75, 3.05) is 0 Å². The van der Waals surface area contributed by atoms with Crippen LogP contribution in [0, 0.1) is 17.0 Å². The molecule has 1 rings (SSSR count). The van der Waals surface area contributed by atoms with Crippen molar-refractivity contribution in [3.05, 3.63) is 33.9 Å². The van der Waals surface area contributed by atoms with Gasteiger partial charge in [0.1, 0.15) is 0 Å². The largest absolute Gasteiger partial charge is 1.00 e. The van der Waals surface area contributed by atoms with Gasteiger partial charge in [-0.05, 0) is 18.6 Å². The Balaban J connectivity index is 0.00000196. The van der Waals surface area contributed by atoms with Gasteiger partial charge in [0.2, 0.25) is 0 Å². The quantitative estimate of drug-likeness (QED) is 0.283. The Morgan fingerprint density at radius 1 is 1.40 bits per heavy atom. The van der Waals surface area contributed by atoms with Crippen LogP contribution in [-0.4, -0.2) is 17.9 Å². The fraction of sp³-hybridized carbons (Fsp3) is 0.143. The molecule has 1 N–H and O–H groups in total. The molecule has 0 unspecified atom stereocenters. The number of nitro groups is 1. The molecule has 0 aliphatic rings. The van der Waals surface area contributed by atoms with Crippen molar-refractivity contribution in [1.29, 1.82) is 0 Å². The van der Waals surface area contributed by atoms with E-state index in [4.69, 9.17) is 4.55 Å². The first kappa shape index (κ1) is 14.5. The summed E-state index contributed by atoms with van der Waals surface area (Å²) in [6.45, 7) is 1.37. The van der Waals surface area contributed by atoms with Gasteiger partial charge in [0.25, 0.3) is 15.8 Å². The molecule has 0 spiro atoms. The predicted octanol–water partition coefficient (Wildman–Crippen LogP) is -1.85. The third-order valence-electron chi connectivity index (χ3n) is 1.65. The second kappa shape index (κ2) is 5.04. The van der Waals surface area contributed by atoms with E-state index in [0.717, 1.165) is 18.2 Å². The van der Waals surface area contributed by atoms with Gasteiger partial charge in [0, 0.05) is 12.1 Å². The van der Waals surface area contributed by atoms with E-state index in [1.807, 2.05) is 0 Å². The Labute approximate surface area is 108 Å². The van der Waals surface area contributed by atoms with E-state index in [-0.39, 0.29) is 45.7 Å². The van der Waals surface area contributed by atoms with Gasteiger partial charge in [-0.25, -0.2) is 0 Å². The minimum absolute atomic E-state index is 0. The summed E-state index contributed by atoms with van der Waals surface area (Å²) >= 11 is 0. The number of benzene rings is 1. The van der Waals surface area contributed by atoms with Gasteiger partial charge in [-0.15, -0.1) is 0 Å². The molecule has 0 radical (unpaired) electrons. The maximum absolute atomic E-state index is 10.7. The summed E-state index contributed by atoms with van der Waals surface area (Å²) in [4.78, 5) is 9.35. The maximum Gasteiger partial charge on any atom is 1.00 e. The molecule has 1 aromatic carbocycles. The molecule has 0 aliphatic carbocycles. The average Bonchev–Trinajstić information content (AvgIpc) is 2.01. The molecule has 8 heteroatoms. The van der Waals surface area contributed by atoms with Crippen molar-refractivity contribution in [2.24, 2.45) is 0 Å². The maximum atomic E-state index is 10.7. The summed E-state index contributed by atoms with van der Waals surface area (Å²) in [7, 11) is -4.30. The molecule has 15 heavy (non-hydrogen) atoms. The number of nitro benzene ring substituents is 1. The number of aryl methyl sites for hydroxylation is 1. The van der Waals surface area contributed by atoms with E-state index in [0.29, 0.717) is 0 Å². The topological polar surface area (TPSA) is 97.5 Å². The first-order chi connectivity index (χ1) is 6.32.